The second-order valence-electron chi connectivity index (χ2n) is 5.49. The van der Waals surface area contributed by atoms with Gasteiger partial charge in [-0.15, -0.1) is 0 Å². The van der Waals surface area contributed by atoms with Crippen molar-refractivity contribution in [2.24, 2.45) is 11.3 Å². The van der Waals surface area contributed by atoms with E-state index in [-0.39, 0.29) is 11.8 Å². The first kappa shape index (κ1) is 12.6. The number of fused-ring (bicyclic) bond motifs is 1. The summed E-state index contributed by atoms with van der Waals surface area (Å²) in [4.78, 5) is 16.3. The van der Waals surface area contributed by atoms with E-state index in [4.69, 9.17) is 0 Å². The highest BCUT2D eigenvalue weighted by atomic mass is 16.3. The molecule has 1 heterocycles. The summed E-state index contributed by atoms with van der Waals surface area (Å²) in [6, 6.07) is 3.43. The predicted molar refractivity (Wildman–Crippen MR) is 68.0 cm³/mol. The Morgan fingerprint density at radius 3 is 3.05 bits per heavy atom. The van der Waals surface area contributed by atoms with Crippen LogP contribution in [-0.4, -0.2) is 33.8 Å². The Morgan fingerprint density at radius 1 is 1.63 bits per heavy atom. The standard InChI is InChI=1S/C14H18N2O3/c1-2-16-12(18)13-7-10(13)6-11(17)14(13,19)9-4-3-5-15-8-9/h3-5,8,10-11,17,19H,2,6-7H2,1H3,(H,16,18). The van der Waals surface area contributed by atoms with Crippen molar-refractivity contribution in [3.8, 4) is 0 Å². The van der Waals surface area contributed by atoms with Crippen molar-refractivity contribution in [3.63, 3.8) is 0 Å². The van der Waals surface area contributed by atoms with Crippen LogP contribution in [0.15, 0.2) is 24.5 Å². The molecular weight excluding hydrogens is 244 g/mol. The first-order chi connectivity index (χ1) is 9.07. The van der Waals surface area contributed by atoms with Crippen LogP contribution in [-0.2, 0) is 10.4 Å². The average molecular weight is 262 g/mol. The topological polar surface area (TPSA) is 82.5 Å². The van der Waals surface area contributed by atoms with Crippen LogP contribution in [0, 0.1) is 11.3 Å². The van der Waals surface area contributed by atoms with Crippen LogP contribution in [0.4, 0.5) is 0 Å². The number of nitrogens with zero attached hydrogens (tertiary/aromatic N) is 1. The van der Waals surface area contributed by atoms with Gasteiger partial charge in [0, 0.05) is 24.5 Å². The van der Waals surface area contributed by atoms with Gasteiger partial charge in [0.1, 0.15) is 5.60 Å². The van der Waals surface area contributed by atoms with E-state index in [9.17, 15) is 15.0 Å². The van der Waals surface area contributed by atoms with Gasteiger partial charge in [-0.05, 0) is 31.7 Å². The zero-order valence-electron chi connectivity index (χ0n) is 10.8. The van der Waals surface area contributed by atoms with Crippen LogP contribution in [0.5, 0.6) is 0 Å². The Labute approximate surface area is 111 Å². The Balaban J connectivity index is 2.05. The Morgan fingerprint density at radius 2 is 2.42 bits per heavy atom. The summed E-state index contributed by atoms with van der Waals surface area (Å²) in [7, 11) is 0. The van der Waals surface area contributed by atoms with Crippen molar-refractivity contribution in [1.29, 1.82) is 0 Å². The summed E-state index contributed by atoms with van der Waals surface area (Å²) in [6.45, 7) is 2.37. The van der Waals surface area contributed by atoms with Crippen LogP contribution in [0.3, 0.4) is 0 Å². The summed E-state index contributed by atoms with van der Waals surface area (Å²) in [5.74, 6) is -0.109. The molecule has 0 aliphatic heterocycles. The Hall–Kier alpha value is -1.46. The van der Waals surface area contributed by atoms with Crippen molar-refractivity contribution in [2.45, 2.75) is 31.5 Å². The number of aromatic nitrogens is 1. The van der Waals surface area contributed by atoms with Gasteiger partial charge in [0.15, 0.2) is 0 Å². The molecule has 2 aliphatic carbocycles. The van der Waals surface area contributed by atoms with Gasteiger partial charge in [0.2, 0.25) is 5.91 Å². The molecule has 2 aliphatic rings. The molecule has 4 atom stereocenters. The molecule has 4 unspecified atom stereocenters. The first-order valence-corrected chi connectivity index (χ1v) is 6.66. The molecule has 1 aromatic rings. The number of nitrogens with one attached hydrogen (secondary N) is 1. The lowest BCUT2D eigenvalue weighted by molar-refractivity contribution is -0.150. The number of carbonyl (C=O) groups is 1. The van der Waals surface area contributed by atoms with Crippen LogP contribution in [0.1, 0.15) is 25.3 Å². The molecule has 1 aromatic heterocycles. The smallest absolute Gasteiger partial charge is 0.229 e. The maximum Gasteiger partial charge on any atom is 0.229 e. The maximum atomic E-state index is 12.3. The Bertz CT molecular complexity index is 507. The molecule has 5 nitrogen and oxygen atoms in total. The van der Waals surface area contributed by atoms with E-state index in [1.807, 2.05) is 6.92 Å². The van der Waals surface area contributed by atoms with Crippen LogP contribution in [0.2, 0.25) is 0 Å². The lowest BCUT2D eigenvalue weighted by atomic mass is 9.77. The molecule has 2 saturated carbocycles. The van der Waals surface area contributed by atoms with Crippen LogP contribution < -0.4 is 5.32 Å². The predicted octanol–water partition coefficient (Wildman–Crippen LogP) is 0.176. The number of aliphatic hydroxyl groups excluding tert-OH is 1. The van der Waals surface area contributed by atoms with E-state index in [1.54, 1.807) is 18.3 Å². The normalized spacial score (nSPS) is 39.7. The third kappa shape index (κ3) is 1.42. The number of hydrogen-bond donors (Lipinski definition) is 3. The van der Waals surface area contributed by atoms with E-state index in [1.165, 1.54) is 6.20 Å². The van der Waals surface area contributed by atoms with Crippen molar-refractivity contribution >= 4 is 5.91 Å². The van der Waals surface area contributed by atoms with Crippen molar-refractivity contribution in [3.05, 3.63) is 30.1 Å². The van der Waals surface area contributed by atoms with Gasteiger partial charge in [-0.25, -0.2) is 0 Å². The molecule has 2 fully saturated rings. The second-order valence-corrected chi connectivity index (χ2v) is 5.49. The third-order valence-corrected chi connectivity index (χ3v) is 4.62. The average Bonchev–Trinajstić information content (AvgIpc) is 3.09. The van der Waals surface area contributed by atoms with Gasteiger partial charge >= 0.3 is 0 Å². The molecule has 1 amide bonds. The zero-order chi connectivity index (χ0) is 13.7. The van der Waals surface area contributed by atoms with Gasteiger partial charge in [0.25, 0.3) is 0 Å². The second kappa shape index (κ2) is 4.02. The molecule has 5 heteroatoms. The number of aliphatic hydroxyl groups is 2. The van der Waals surface area contributed by atoms with Crippen molar-refractivity contribution in [2.75, 3.05) is 6.54 Å². The largest absolute Gasteiger partial charge is 0.390 e. The number of pyridine rings is 1. The van der Waals surface area contributed by atoms with Crippen LogP contribution in [0.25, 0.3) is 0 Å². The van der Waals surface area contributed by atoms with Gasteiger partial charge in [-0.1, -0.05) is 6.07 Å². The number of rotatable bonds is 3. The van der Waals surface area contributed by atoms with Crippen molar-refractivity contribution < 1.29 is 15.0 Å². The van der Waals surface area contributed by atoms with E-state index in [2.05, 4.69) is 10.3 Å². The first-order valence-electron chi connectivity index (χ1n) is 6.66. The molecule has 0 aromatic carbocycles. The Kier molecular flexibility index (Phi) is 2.66. The minimum atomic E-state index is -1.52. The number of hydrogen-bond acceptors (Lipinski definition) is 4. The molecule has 0 saturated heterocycles. The lowest BCUT2D eigenvalue weighted by Gasteiger charge is -2.35. The van der Waals surface area contributed by atoms with Gasteiger partial charge in [-0.3, -0.25) is 9.78 Å². The van der Waals surface area contributed by atoms with E-state index in [0.29, 0.717) is 24.9 Å². The summed E-state index contributed by atoms with van der Waals surface area (Å²) >= 11 is 0. The summed E-state index contributed by atoms with van der Waals surface area (Å²) < 4.78 is 0. The molecular formula is C14H18N2O3. The van der Waals surface area contributed by atoms with Gasteiger partial charge in [-0.2, -0.15) is 0 Å². The molecule has 102 valence electrons. The van der Waals surface area contributed by atoms with Crippen LogP contribution >= 0.6 is 0 Å². The fourth-order valence-electron chi connectivity index (χ4n) is 3.63. The van der Waals surface area contributed by atoms with E-state index < -0.39 is 17.1 Å². The minimum absolute atomic E-state index is 0.0549. The molecule has 3 N–H and O–H groups in total. The highest BCUT2D eigenvalue weighted by Crippen LogP contribution is 2.71. The molecule has 3 rings (SSSR count). The van der Waals surface area contributed by atoms with Crippen molar-refractivity contribution in [1.82, 2.24) is 10.3 Å². The maximum absolute atomic E-state index is 12.3. The van der Waals surface area contributed by atoms with Gasteiger partial charge < -0.3 is 15.5 Å². The molecule has 0 radical (unpaired) electrons. The summed E-state index contributed by atoms with van der Waals surface area (Å²) in [5.41, 5.74) is -1.88. The molecule has 0 bridgehead atoms. The zero-order valence-corrected chi connectivity index (χ0v) is 10.8. The van der Waals surface area contributed by atoms with E-state index in [0.717, 1.165) is 0 Å². The summed E-state index contributed by atoms with van der Waals surface area (Å²) in [5, 5.41) is 24.0. The quantitative estimate of drug-likeness (QED) is 0.725. The fourth-order valence-corrected chi connectivity index (χ4v) is 3.63. The third-order valence-electron chi connectivity index (χ3n) is 4.62. The minimum Gasteiger partial charge on any atom is -0.390 e. The monoisotopic (exact) mass is 262 g/mol. The highest BCUT2D eigenvalue weighted by molar-refractivity contribution is 5.88. The fraction of sp³-hybridized carbons (Fsp3) is 0.571. The van der Waals surface area contributed by atoms with Gasteiger partial charge in [0.05, 0.1) is 11.5 Å². The lowest BCUT2D eigenvalue weighted by Crippen LogP contribution is -2.50. The SMILES string of the molecule is CCNC(=O)C12CC1CC(O)C2(O)c1cccnc1. The number of amides is 1. The summed E-state index contributed by atoms with van der Waals surface area (Å²) in [6.07, 6.45) is 3.31. The molecule has 0 spiro atoms. The molecule has 19 heavy (non-hydrogen) atoms. The van der Waals surface area contributed by atoms with E-state index >= 15 is 0 Å². The highest BCUT2D eigenvalue weighted by Gasteiger charge is 2.78. The number of carbonyl (C=O) groups excluding carboxylic acids is 1.